The van der Waals surface area contributed by atoms with Crippen molar-refractivity contribution < 1.29 is 4.39 Å². The summed E-state index contributed by atoms with van der Waals surface area (Å²) in [6.07, 6.45) is 0. The lowest BCUT2D eigenvalue weighted by Gasteiger charge is -2.08. The van der Waals surface area contributed by atoms with Crippen molar-refractivity contribution in [2.75, 3.05) is 0 Å². The van der Waals surface area contributed by atoms with Gasteiger partial charge in [0.25, 0.3) is 0 Å². The molecule has 102 valence electrons. The summed E-state index contributed by atoms with van der Waals surface area (Å²) in [5.41, 5.74) is 3.36. The zero-order valence-electron chi connectivity index (χ0n) is 11.0. The molecule has 0 radical (unpaired) electrons. The third-order valence-electron chi connectivity index (χ3n) is 3.19. The molecule has 1 unspecified atom stereocenters. The molecule has 1 heterocycles. The molecular weight excluding hydrogens is 286 g/mol. The highest BCUT2D eigenvalue weighted by molar-refractivity contribution is 6.30. The first-order chi connectivity index (χ1) is 8.91. The summed E-state index contributed by atoms with van der Waals surface area (Å²) in [4.78, 5) is 0. The number of nitrogens with zero attached hydrogens (tertiary/aromatic N) is 2. The van der Waals surface area contributed by atoms with E-state index in [0.717, 1.165) is 17.0 Å². The second kappa shape index (κ2) is 5.51. The lowest BCUT2D eigenvalue weighted by molar-refractivity contribution is 0.579. The Labute approximate surface area is 122 Å². The van der Waals surface area contributed by atoms with Gasteiger partial charge in [-0.05, 0) is 26.8 Å². The van der Waals surface area contributed by atoms with Gasteiger partial charge in [0, 0.05) is 16.8 Å². The number of rotatable bonds is 3. The Morgan fingerprint density at radius 2 is 2.05 bits per heavy atom. The molecule has 0 aliphatic heterocycles. The summed E-state index contributed by atoms with van der Waals surface area (Å²) in [7, 11) is 0. The first-order valence-electron chi connectivity index (χ1n) is 6.02. The summed E-state index contributed by atoms with van der Waals surface area (Å²) in [6.45, 7) is 6.11. The number of benzene rings is 1. The van der Waals surface area contributed by atoms with E-state index in [4.69, 9.17) is 23.2 Å². The van der Waals surface area contributed by atoms with E-state index in [1.165, 1.54) is 6.07 Å². The minimum absolute atomic E-state index is 0.113. The van der Waals surface area contributed by atoms with Gasteiger partial charge in [-0.3, -0.25) is 4.68 Å². The standard InChI is InChI=1S/C14H15Cl2FN2/c1-8(15)13-9(2)18-19(10(13)3)7-11-5-4-6-12(16)14(11)17/h4-6,8H,7H2,1-3H3. The van der Waals surface area contributed by atoms with Gasteiger partial charge in [-0.2, -0.15) is 5.10 Å². The van der Waals surface area contributed by atoms with Gasteiger partial charge in [-0.1, -0.05) is 23.7 Å². The second-order valence-electron chi connectivity index (χ2n) is 4.57. The van der Waals surface area contributed by atoms with Gasteiger partial charge in [0.2, 0.25) is 0 Å². The van der Waals surface area contributed by atoms with Crippen LogP contribution >= 0.6 is 23.2 Å². The zero-order valence-corrected chi connectivity index (χ0v) is 12.6. The maximum atomic E-state index is 13.9. The van der Waals surface area contributed by atoms with Crippen LogP contribution in [0.2, 0.25) is 5.02 Å². The second-order valence-corrected chi connectivity index (χ2v) is 5.63. The lowest BCUT2D eigenvalue weighted by atomic mass is 10.1. The third-order valence-corrected chi connectivity index (χ3v) is 3.70. The Morgan fingerprint density at radius 3 is 2.63 bits per heavy atom. The fourth-order valence-corrected chi connectivity index (χ4v) is 2.78. The van der Waals surface area contributed by atoms with Crippen LogP contribution in [0.4, 0.5) is 4.39 Å². The highest BCUT2D eigenvalue weighted by atomic mass is 35.5. The predicted molar refractivity (Wildman–Crippen MR) is 76.5 cm³/mol. The van der Waals surface area contributed by atoms with E-state index >= 15 is 0 Å². The molecule has 0 bridgehead atoms. The molecule has 0 aliphatic rings. The van der Waals surface area contributed by atoms with Gasteiger partial charge in [0.1, 0.15) is 5.82 Å². The summed E-state index contributed by atoms with van der Waals surface area (Å²) in [6, 6.07) is 4.98. The van der Waals surface area contributed by atoms with Gasteiger partial charge in [0.15, 0.2) is 0 Å². The quantitative estimate of drug-likeness (QED) is 0.755. The van der Waals surface area contributed by atoms with Crippen LogP contribution < -0.4 is 0 Å². The molecule has 0 spiro atoms. The van der Waals surface area contributed by atoms with Crippen molar-refractivity contribution in [2.45, 2.75) is 32.7 Å². The van der Waals surface area contributed by atoms with Crippen LogP contribution in [0.25, 0.3) is 0 Å². The minimum atomic E-state index is -0.391. The molecule has 0 aliphatic carbocycles. The molecular formula is C14H15Cl2FN2. The number of hydrogen-bond donors (Lipinski definition) is 0. The van der Waals surface area contributed by atoms with Crippen LogP contribution in [-0.2, 0) is 6.54 Å². The van der Waals surface area contributed by atoms with Crippen LogP contribution in [0.3, 0.4) is 0 Å². The van der Waals surface area contributed by atoms with Crippen molar-refractivity contribution in [3.63, 3.8) is 0 Å². The van der Waals surface area contributed by atoms with Crippen molar-refractivity contribution in [3.05, 3.63) is 51.6 Å². The lowest BCUT2D eigenvalue weighted by Crippen LogP contribution is -2.06. The van der Waals surface area contributed by atoms with Gasteiger partial charge in [0.05, 0.1) is 22.6 Å². The molecule has 1 atom stereocenters. The van der Waals surface area contributed by atoms with Crippen LogP contribution in [0.1, 0.15) is 34.8 Å². The molecule has 0 saturated carbocycles. The van der Waals surface area contributed by atoms with Gasteiger partial charge in [-0.15, -0.1) is 11.6 Å². The first-order valence-corrected chi connectivity index (χ1v) is 6.84. The largest absolute Gasteiger partial charge is 0.265 e. The Kier molecular flexibility index (Phi) is 4.16. The number of aromatic nitrogens is 2. The van der Waals surface area contributed by atoms with E-state index < -0.39 is 5.82 Å². The molecule has 0 amide bonds. The van der Waals surface area contributed by atoms with Crippen molar-refractivity contribution in [3.8, 4) is 0 Å². The van der Waals surface area contributed by atoms with Gasteiger partial charge in [-0.25, -0.2) is 4.39 Å². The van der Waals surface area contributed by atoms with E-state index in [1.807, 2.05) is 20.8 Å². The molecule has 19 heavy (non-hydrogen) atoms. The van der Waals surface area contributed by atoms with Crippen LogP contribution in [0.15, 0.2) is 18.2 Å². The van der Waals surface area contributed by atoms with Crippen molar-refractivity contribution in [1.29, 1.82) is 0 Å². The molecule has 2 nitrogen and oxygen atoms in total. The van der Waals surface area contributed by atoms with E-state index in [0.29, 0.717) is 12.1 Å². The average molecular weight is 301 g/mol. The Morgan fingerprint density at radius 1 is 1.37 bits per heavy atom. The minimum Gasteiger partial charge on any atom is -0.265 e. The fraction of sp³-hybridized carbons (Fsp3) is 0.357. The molecule has 5 heteroatoms. The van der Waals surface area contributed by atoms with Crippen molar-refractivity contribution >= 4 is 23.2 Å². The summed E-state index contributed by atoms with van der Waals surface area (Å²) >= 11 is 11.9. The molecule has 1 aromatic carbocycles. The molecule has 2 rings (SSSR count). The normalized spacial score (nSPS) is 12.7. The maximum absolute atomic E-state index is 13.9. The molecule has 0 fully saturated rings. The predicted octanol–water partition coefficient (Wildman–Crippen LogP) is 4.64. The molecule has 0 saturated heterocycles. The van der Waals surface area contributed by atoms with E-state index in [1.54, 1.807) is 16.8 Å². The van der Waals surface area contributed by atoms with Crippen LogP contribution in [0, 0.1) is 19.7 Å². The smallest absolute Gasteiger partial charge is 0.146 e. The van der Waals surface area contributed by atoms with E-state index in [2.05, 4.69) is 5.10 Å². The Balaban J connectivity index is 2.39. The Hall–Kier alpha value is -1.06. The number of alkyl halides is 1. The summed E-state index contributed by atoms with van der Waals surface area (Å²) in [5.74, 6) is -0.391. The number of hydrogen-bond acceptors (Lipinski definition) is 1. The SMILES string of the molecule is Cc1nn(Cc2cccc(Cl)c2F)c(C)c1C(C)Cl. The maximum Gasteiger partial charge on any atom is 0.146 e. The topological polar surface area (TPSA) is 17.8 Å². The number of aryl methyl sites for hydroxylation is 1. The molecule has 2 aromatic rings. The number of halogens is 3. The van der Waals surface area contributed by atoms with E-state index in [-0.39, 0.29) is 10.4 Å². The van der Waals surface area contributed by atoms with Gasteiger partial charge < -0.3 is 0 Å². The van der Waals surface area contributed by atoms with Crippen molar-refractivity contribution in [1.82, 2.24) is 9.78 Å². The third kappa shape index (κ3) is 2.77. The Bertz CT molecular complexity index is 606. The van der Waals surface area contributed by atoms with Crippen LogP contribution in [0.5, 0.6) is 0 Å². The summed E-state index contributed by atoms with van der Waals surface area (Å²) < 4.78 is 15.6. The highest BCUT2D eigenvalue weighted by Crippen LogP contribution is 2.27. The molecule has 0 N–H and O–H groups in total. The van der Waals surface area contributed by atoms with Crippen molar-refractivity contribution in [2.24, 2.45) is 0 Å². The van der Waals surface area contributed by atoms with E-state index in [9.17, 15) is 4.39 Å². The monoisotopic (exact) mass is 300 g/mol. The molecule has 1 aromatic heterocycles. The summed E-state index contributed by atoms with van der Waals surface area (Å²) in [5, 5.41) is 4.44. The average Bonchev–Trinajstić information content (AvgIpc) is 2.60. The van der Waals surface area contributed by atoms with Crippen LogP contribution in [-0.4, -0.2) is 9.78 Å². The van der Waals surface area contributed by atoms with Gasteiger partial charge >= 0.3 is 0 Å². The zero-order chi connectivity index (χ0) is 14.2. The highest BCUT2D eigenvalue weighted by Gasteiger charge is 2.17. The fourth-order valence-electron chi connectivity index (χ4n) is 2.27. The first kappa shape index (κ1) is 14.4.